The van der Waals surface area contributed by atoms with E-state index in [2.05, 4.69) is 27.8 Å². The summed E-state index contributed by atoms with van der Waals surface area (Å²) < 4.78 is 18.3. The quantitative estimate of drug-likeness (QED) is 0.236. The molecule has 0 radical (unpaired) electrons. The average molecular weight is 526 g/mol. The van der Waals surface area contributed by atoms with Gasteiger partial charge in [-0.15, -0.1) is 11.6 Å². The molecular formula is C23H30Cl2N5O3P. The fourth-order valence-corrected chi connectivity index (χ4v) is 5.25. The first-order valence-corrected chi connectivity index (χ1v) is 14.0. The van der Waals surface area contributed by atoms with Gasteiger partial charge in [-0.2, -0.15) is 0 Å². The second-order valence-electron chi connectivity index (χ2n) is 8.37. The van der Waals surface area contributed by atoms with Crippen LogP contribution in [0.1, 0.15) is 0 Å². The zero-order valence-corrected chi connectivity index (χ0v) is 22.0. The summed E-state index contributed by atoms with van der Waals surface area (Å²) in [5.74, 6) is 0.112. The number of hydrogen-bond donors (Lipinski definition) is 4. The first-order valence-electron chi connectivity index (χ1n) is 10.6. The van der Waals surface area contributed by atoms with Gasteiger partial charge in [-0.1, -0.05) is 30.3 Å². The number of para-hydroxylation sites is 1. The molecule has 1 saturated heterocycles. The second kappa shape index (κ2) is 11.0. The molecule has 1 amide bonds. The van der Waals surface area contributed by atoms with Crippen molar-refractivity contribution in [2.24, 2.45) is 0 Å². The molecule has 4 N–H and O–H groups in total. The Labute approximate surface area is 210 Å². The van der Waals surface area contributed by atoms with Crippen molar-refractivity contribution < 1.29 is 14.1 Å². The van der Waals surface area contributed by atoms with E-state index in [1.807, 2.05) is 36.2 Å². The molecule has 1 heterocycles. The minimum absolute atomic E-state index is 0.106. The number of carbonyl (C=O) groups is 1. The average Bonchev–Trinajstić information content (AvgIpc) is 2.78. The molecule has 3 atom stereocenters. The van der Waals surface area contributed by atoms with Gasteiger partial charge in [-0.25, -0.2) is 0 Å². The van der Waals surface area contributed by atoms with Gasteiger partial charge in [0.05, 0.1) is 29.4 Å². The number of ether oxygens (including phenoxy) is 1. The first-order chi connectivity index (χ1) is 16.0. The highest BCUT2D eigenvalue weighted by molar-refractivity contribution is 7.70. The fourth-order valence-electron chi connectivity index (χ4n) is 3.71. The van der Waals surface area contributed by atoms with Crippen LogP contribution in [0.4, 0.5) is 17.1 Å². The Morgan fingerprint density at radius 3 is 2.56 bits per heavy atom. The van der Waals surface area contributed by atoms with Gasteiger partial charge >= 0.3 is 0 Å². The van der Waals surface area contributed by atoms with E-state index in [0.29, 0.717) is 23.7 Å². The molecule has 34 heavy (non-hydrogen) atoms. The van der Waals surface area contributed by atoms with Crippen LogP contribution in [-0.4, -0.2) is 62.7 Å². The Morgan fingerprint density at radius 1 is 1.21 bits per heavy atom. The first kappa shape index (κ1) is 26.4. The zero-order chi connectivity index (χ0) is 25.0. The van der Waals surface area contributed by atoms with E-state index < -0.39 is 13.0 Å². The minimum atomic E-state index is -2.49. The number of nitrogens with one attached hydrogen (secondary N) is 4. The molecule has 0 saturated carbocycles. The molecule has 8 nitrogen and oxygen atoms in total. The molecule has 2 aromatic rings. The third-order valence-corrected chi connectivity index (χ3v) is 7.59. The number of hydrogen-bond acceptors (Lipinski definition) is 7. The summed E-state index contributed by atoms with van der Waals surface area (Å²) in [5.41, 5.74) is 1.99. The van der Waals surface area contributed by atoms with E-state index >= 15 is 0 Å². The number of alkyl halides is 1. The zero-order valence-electron chi connectivity index (χ0n) is 19.6. The molecule has 0 aliphatic carbocycles. The third-order valence-electron chi connectivity index (χ3n) is 5.48. The number of carbonyl (C=O) groups excluding carboxylic acids is 1. The van der Waals surface area contributed by atoms with E-state index in [0.717, 1.165) is 11.0 Å². The number of nitrogens with zero attached hydrogens (tertiary/aromatic N) is 1. The number of amides is 1. The van der Waals surface area contributed by atoms with Crippen LogP contribution in [0.3, 0.4) is 0 Å². The maximum Gasteiger partial charge on any atom is 0.266 e. The van der Waals surface area contributed by atoms with Gasteiger partial charge in [0, 0.05) is 23.2 Å². The largest absolute Gasteiger partial charge is 0.495 e. The number of methoxy groups -OCH3 is 1. The Morgan fingerprint density at radius 2 is 1.91 bits per heavy atom. The molecule has 0 aromatic heterocycles. The van der Waals surface area contributed by atoms with Gasteiger partial charge in [-0.05, 0) is 50.7 Å². The van der Waals surface area contributed by atoms with Gasteiger partial charge in [0.1, 0.15) is 19.2 Å². The summed E-state index contributed by atoms with van der Waals surface area (Å²) in [6.07, 6.45) is -0.584. The number of anilines is 3. The smallest absolute Gasteiger partial charge is 0.266 e. The van der Waals surface area contributed by atoms with Crippen molar-refractivity contribution in [1.82, 2.24) is 10.2 Å². The van der Waals surface area contributed by atoms with Crippen molar-refractivity contribution in [3.8, 4) is 5.75 Å². The predicted octanol–water partition coefficient (Wildman–Crippen LogP) is 3.91. The molecule has 184 valence electrons. The number of benzene rings is 2. The van der Waals surface area contributed by atoms with E-state index in [-0.39, 0.29) is 22.9 Å². The van der Waals surface area contributed by atoms with Crippen molar-refractivity contribution in [2.75, 3.05) is 50.0 Å². The highest BCUT2D eigenvalue weighted by Crippen LogP contribution is 2.38. The lowest BCUT2D eigenvalue weighted by Gasteiger charge is -2.44. The van der Waals surface area contributed by atoms with E-state index in [4.69, 9.17) is 27.9 Å². The summed E-state index contributed by atoms with van der Waals surface area (Å²) in [7, 11) is 1.00. The predicted molar refractivity (Wildman–Crippen MR) is 142 cm³/mol. The van der Waals surface area contributed by atoms with Crippen molar-refractivity contribution in [3.05, 3.63) is 54.1 Å². The molecule has 2 aromatic carbocycles. The van der Waals surface area contributed by atoms with Crippen LogP contribution in [0, 0.1) is 0 Å². The maximum atomic E-state index is 12.8. The van der Waals surface area contributed by atoms with Crippen LogP contribution < -0.4 is 31.3 Å². The summed E-state index contributed by atoms with van der Waals surface area (Å²) in [4.78, 5) is 13.9. The SMILES string of the molecule is C=C(Cl)C(=O)Nc1ccc(OC)c(NC2NCC(Cl)C(Nc3ccccc3P(C)(C)=O)N2C)c1. The number of halogens is 2. The van der Waals surface area contributed by atoms with Crippen molar-refractivity contribution in [1.29, 1.82) is 0 Å². The molecule has 0 bridgehead atoms. The van der Waals surface area contributed by atoms with Crippen LogP contribution in [0.25, 0.3) is 0 Å². The summed E-state index contributed by atoms with van der Waals surface area (Å²) >= 11 is 12.4. The maximum absolute atomic E-state index is 12.8. The van der Waals surface area contributed by atoms with Gasteiger partial charge in [0.25, 0.3) is 5.91 Å². The lowest BCUT2D eigenvalue weighted by molar-refractivity contribution is -0.112. The lowest BCUT2D eigenvalue weighted by Crippen LogP contribution is -2.65. The summed E-state index contributed by atoms with van der Waals surface area (Å²) in [5, 5.41) is 13.4. The Hall–Kier alpha value is -2.22. The van der Waals surface area contributed by atoms with Gasteiger partial charge in [0.15, 0.2) is 0 Å². The minimum Gasteiger partial charge on any atom is -0.495 e. The van der Waals surface area contributed by atoms with E-state index in [1.165, 1.54) is 0 Å². The van der Waals surface area contributed by atoms with E-state index in [1.54, 1.807) is 38.6 Å². The van der Waals surface area contributed by atoms with Gasteiger partial charge < -0.3 is 25.3 Å². The molecule has 3 rings (SSSR count). The standard InChI is InChI=1S/C23H30Cl2N5O3P/c1-14(24)22(31)27-15-10-11-19(33-3)18(12-15)29-23-26-13-16(25)21(30(23)2)28-17-8-6-7-9-20(17)34(4,5)32/h6-12,16,21,23,26,28-29H,1,13H2,2-5H3,(H,27,31). The number of rotatable bonds is 8. The van der Waals surface area contributed by atoms with Crippen LogP contribution in [-0.2, 0) is 9.36 Å². The molecule has 11 heteroatoms. The summed E-state index contributed by atoms with van der Waals surface area (Å²) in [6, 6.07) is 12.8. The van der Waals surface area contributed by atoms with Crippen LogP contribution in [0.5, 0.6) is 5.75 Å². The molecule has 0 spiro atoms. The topological polar surface area (TPSA) is 94.7 Å². The lowest BCUT2D eigenvalue weighted by atomic mass is 10.2. The van der Waals surface area contributed by atoms with Crippen molar-refractivity contribution in [2.45, 2.75) is 17.8 Å². The fraction of sp³-hybridized carbons (Fsp3) is 0.348. The third kappa shape index (κ3) is 6.26. The molecule has 1 fully saturated rings. The van der Waals surface area contributed by atoms with Gasteiger partial charge in [-0.3, -0.25) is 15.0 Å². The van der Waals surface area contributed by atoms with Crippen LogP contribution >= 0.6 is 30.3 Å². The summed E-state index contributed by atoms with van der Waals surface area (Å²) in [6.45, 7) is 7.46. The van der Waals surface area contributed by atoms with Crippen molar-refractivity contribution in [3.63, 3.8) is 0 Å². The highest BCUT2D eigenvalue weighted by Gasteiger charge is 2.35. The van der Waals surface area contributed by atoms with Crippen LogP contribution in [0.2, 0.25) is 0 Å². The van der Waals surface area contributed by atoms with Crippen LogP contribution in [0.15, 0.2) is 54.1 Å². The van der Waals surface area contributed by atoms with E-state index in [9.17, 15) is 9.36 Å². The van der Waals surface area contributed by atoms with Gasteiger partial charge in [0.2, 0.25) is 0 Å². The molecule has 1 aliphatic heterocycles. The molecule has 3 unspecified atom stereocenters. The Bertz CT molecular complexity index is 1110. The normalized spacial score (nSPS) is 20.9. The molecule has 1 aliphatic rings. The second-order valence-corrected chi connectivity index (χ2v) is 12.6. The Balaban J connectivity index is 1.83. The highest BCUT2D eigenvalue weighted by atomic mass is 35.5. The monoisotopic (exact) mass is 525 g/mol. The Kier molecular flexibility index (Phi) is 8.55. The molecular weight excluding hydrogens is 496 g/mol. The van der Waals surface area contributed by atoms with Crippen molar-refractivity contribution >= 4 is 58.6 Å².